The number of fused-ring (bicyclic) bond motifs is 1. The quantitative estimate of drug-likeness (QED) is 0.146. The molecule has 1 aromatic carbocycles. The van der Waals surface area contributed by atoms with Gasteiger partial charge in [-0.15, -0.1) is 0 Å². The molecular formula is C38H54ClN7O5Si. The molecule has 0 aliphatic carbocycles. The van der Waals surface area contributed by atoms with Crippen molar-refractivity contribution < 1.29 is 23.2 Å². The van der Waals surface area contributed by atoms with Crippen LogP contribution in [-0.2, 0) is 29.3 Å². The van der Waals surface area contributed by atoms with Gasteiger partial charge in [0.1, 0.15) is 29.5 Å². The lowest BCUT2D eigenvalue weighted by Gasteiger charge is -2.40. The van der Waals surface area contributed by atoms with Crippen LogP contribution in [0.2, 0.25) is 23.2 Å². The van der Waals surface area contributed by atoms with E-state index in [9.17, 15) is 4.79 Å². The fourth-order valence-corrected chi connectivity index (χ4v) is 7.65. The van der Waals surface area contributed by atoms with E-state index in [1.54, 1.807) is 18.0 Å². The number of hydrogen-bond donors (Lipinski definition) is 0. The Morgan fingerprint density at radius 3 is 2.35 bits per heavy atom. The first-order valence-electron chi connectivity index (χ1n) is 17.7. The summed E-state index contributed by atoms with van der Waals surface area (Å²) in [6.07, 6.45) is -0.834. The van der Waals surface area contributed by atoms with Gasteiger partial charge in [0.2, 0.25) is 0 Å². The van der Waals surface area contributed by atoms with Gasteiger partial charge in [0, 0.05) is 37.3 Å². The zero-order chi connectivity index (χ0) is 38.5. The van der Waals surface area contributed by atoms with Gasteiger partial charge in [-0.2, -0.15) is 5.10 Å². The lowest BCUT2D eigenvalue weighted by molar-refractivity contribution is 0.0172. The molecule has 0 bridgehead atoms. The highest BCUT2D eigenvalue weighted by atomic mass is 35.5. The van der Waals surface area contributed by atoms with E-state index in [1.165, 1.54) is 5.56 Å². The predicted octanol–water partition coefficient (Wildman–Crippen LogP) is 8.58. The average Bonchev–Trinajstić information content (AvgIpc) is 3.69. The summed E-state index contributed by atoms with van der Waals surface area (Å²) in [7, 11) is 1.45. The van der Waals surface area contributed by atoms with Crippen LogP contribution < -0.4 is 9.64 Å². The molecule has 0 fully saturated rings. The maximum absolute atomic E-state index is 12.9. The number of hydrogen-bond acceptors (Lipinski definition) is 10. The highest BCUT2D eigenvalue weighted by Crippen LogP contribution is 2.40. The largest absolute Gasteiger partial charge is 0.491 e. The molecule has 1 amide bonds. The van der Waals surface area contributed by atoms with Gasteiger partial charge in [-0.25, -0.2) is 14.8 Å². The SMILES string of the molecule is Cc1nn(C)c2c1CN(c1nc(-c3cc(OC[C@@H](CN(C)C(=O)OC(C)(C)C)O[Si](C)(C)C(C)(C)C)ccc3Cl)nc(-c3c(C)noc3C)c1C)C2. The number of anilines is 1. The lowest BCUT2D eigenvalue weighted by Crippen LogP contribution is -2.49. The van der Waals surface area contributed by atoms with Crippen LogP contribution in [0.5, 0.6) is 5.75 Å². The number of nitrogens with zero attached hydrogens (tertiary/aromatic N) is 7. The topological polar surface area (TPSA) is 121 Å². The van der Waals surface area contributed by atoms with Gasteiger partial charge >= 0.3 is 6.09 Å². The van der Waals surface area contributed by atoms with Gasteiger partial charge in [-0.1, -0.05) is 37.5 Å². The molecule has 52 heavy (non-hydrogen) atoms. The molecule has 0 radical (unpaired) electrons. The minimum atomic E-state index is -2.24. The van der Waals surface area contributed by atoms with E-state index in [0.717, 1.165) is 39.7 Å². The maximum atomic E-state index is 12.9. The first kappa shape index (κ1) is 39.3. The molecule has 0 saturated heterocycles. The molecule has 12 nitrogen and oxygen atoms in total. The van der Waals surface area contributed by atoms with E-state index in [0.29, 0.717) is 47.6 Å². The fourth-order valence-electron chi connectivity index (χ4n) is 6.12. The number of rotatable bonds is 10. The minimum Gasteiger partial charge on any atom is -0.491 e. The van der Waals surface area contributed by atoms with Gasteiger partial charge in [0.15, 0.2) is 14.1 Å². The summed E-state index contributed by atoms with van der Waals surface area (Å²) in [6.45, 7) is 26.2. The zero-order valence-corrected chi connectivity index (χ0v) is 34.9. The van der Waals surface area contributed by atoms with Crippen molar-refractivity contribution in [3.63, 3.8) is 0 Å². The zero-order valence-electron chi connectivity index (χ0n) is 33.2. The van der Waals surface area contributed by atoms with Crippen LogP contribution in [-0.4, -0.2) is 76.1 Å². The Morgan fingerprint density at radius 1 is 1.06 bits per heavy atom. The number of ether oxygens (including phenoxy) is 2. The van der Waals surface area contributed by atoms with Crippen molar-refractivity contribution in [3.8, 4) is 28.4 Å². The summed E-state index contributed by atoms with van der Waals surface area (Å²) < 4.78 is 26.4. The highest BCUT2D eigenvalue weighted by molar-refractivity contribution is 6.74. The van der Waals surface area contributed by atoms with Crippen molar-refractivity contribution >= 4 is 31.8 Å². The molecule has 0 saturated carbocycles. The van der Waals surface area contributed by atoms with Crippen LogP contribution in [0.15, 0.2) is 22.7 Å². The highest BCUT2D eigenvalue weighted by Gasteiger charge is 2.40. The first-order valence-corrected chi connectivity index (χ1v) is 21.0. The Balaban J connectivity index is 1.50. The number of halogens is 1. The van der Waals surface area contributed by atoms with Crippen molar-refractivity contribution in [2.24, 2.45) is 7.05 Å². The second-order valence-corrected chi connectivity index (χ2v) is 21.5. The molecule has 0 unspecified atom stereocenters. The molecule has 282 valence electrons. The summed E-state index contributed by atoms with van der Waals surface area (Å²) in [5.74, 6) is 2.50. The Hall–Kier alpha value is -3.94. The molecule has 4 heterocycles. The fraction of sp³-hybridized carbons (Fsp3) is 0.553. The summed E-state index contributed by atoms with van der Waals surface area (Å²) >= 11 is 6.91. The van der Waals surface area contributed by atoms with Gasteiger partial charge in [0.05, 0.1) is 52.6 Å². The number of aromatic nitrogens is 5. The van der Waals surface area contributed by atoms with Crippen LogP contribution >= 0.6 is 11.6 Å². The summed E-state index contributed by atoms with van der Waals surface area (Å²) in [4.78, 5) is 27.0. The van der Waals surface area contributed by atoms with E-state index >= 15 is 0 Å². The van der Waals surface area contributed by atoms with Gasteiger partial charge in [-0.3, -0.25) is 4.68 Å². The Bertz CT molecular complexity index is 1910. The van der Waals surface area contributed by atoms with Crippen molar-refractivity contribution in [2.45, 2.75) is 112 Å². The third-order valence-electron chi connectivity index (χ3n) is 9.92. The van der Waals surface area contributed by atoms with Crippen LogP contribution in [0.25, 0.3) is 22.6 Å². The molecular weight excluding hydrogens is 698 g/mol. The van der Waals surface area contributed by atoms with Crippen LogP contribution in [0.3, 0.4) is 0 Å². The van der Waals surface area contributed by atoms with Crippen molar-refractivity contribution in [2.75, 3.05) is 25.1 Å². The van der Waals surface area contributed by atoms with Gasteiger partial charge < -0.3 is 28.2 Å². The second kappa shape index (κ2) is 14.5. The summed E-state index contributed by atoms with van der Waals surface area (Å²) in [5, 5.41) is 9.28. The molecule has 0 spiro atoms. The van der Waals surface area contributed by atoms with Crippen LogP contribution in [0.4, 0.5) is 10.6 Å². The Morgan fingerprint density at radius 2 is 1.75 bits per heavy atom. The third kappa shape index (κ3) is 8.31. The smallest absolute Gasteiger partial charge is 0.410 e. The summed E-state index contributed by atoms with van der Waals surface area (Å²) in [5.41, 5.74) is 6.62. The van der Waals surface area contributed by atoms with E-state index < -0.39 is 26.1 Å². The average molecular weight is 752 g/mol. The normalized spacial score (nSPS) is 14.1. The lowest BCUT2D eigenvalue weighted by atomic mass is 10.0. The molecule has 14 heteroatoms. The molecule has 1 aliphatic rings. The standard InChI is InChI=1S/C38H54ClN7O5Si/c1-22-33(32-24(3)43-50-25(32)4)40-34(41-35(22)46-19-29-23(2)42-45(12)31(29)20-46)28-17-26(15-16-30(28)39)48-21-27(51-52(13,14)38(8,9)10)18-44(11)36(47)49-37(5,6)7/h15-17,27H,18-21H2,1-14H3/t27-/m1/s1. The number of carbonyl (C=O) groups is 1. The molecule has 0 N–H and O–H groups in total. The minimum absolute atomic E-state index is 0.0471. The third-order valence-corrected chi connectivity index (χ3v) is 14.8. The van der Waals surface area contributed by atoms with Crippen molar-refractivity contribution in [1.82, 2.24) is 29.8 Å². The number of likely N-dealkylation sites (N-methyl/N-ethyl adjacent to an activating group) is 1. The van der Waals surface area contributed by atoms with E-state index in [-0.39, 0.29) is 11.6 Å². The van der Waals surface area contributed by atoms with E-state index in [2.05, 4.69) is 49.0 Å². The monoisotopic (exact) mass is 751 g/mol. The predicted molar refractivity (Wildman–Crippen MR) is 206 cm³/mol. The van der Waals surface area contributed by atoms with Gasteiger partial charge in [0.25, 0.3) is 0 Å². The molecule has 1 aliphatic heterocycles. The van der Waals surface area contributed by atoms with Crippen LogP contribution in [0, 0.1) is 27.7 Å². The van der Waals surface area contributed by atoms with Crippen molar-refractivity contribution in [1.29, 1.82) is 0 Å². The molecule has 5 rings (SSSR count). The van der Waals surface area contributed by atoms with Crippen LogP contribution in [0.1, 0.15) is 75.5 Å². The number of benzene rings is 1. The molecule has 1 atom stereocenters. The Kier molecular flexibility index (Phi) is 10.9. The van der Waals surface area contributed by atoms with E-state index in [4.69, 9.17) is 40.0 Å². The number of amides is 1. The second-order valence-electron chi connectivity index (χ2n) is 16.3. The number of carbonyl (C=O) groups excluding carboxylic acids is 1. The maximum Gasteiger partial charge on any atom is 0.410 e. The summed E-state index contributed by atoms with van der Waals surface area (Å²) in [6, 6.07) is 5.48. The van der Waals surface area contributed by atoms with Crippen molar-refractivity contribution in [3.05, 3.63) is 57.2 Å². The molecule has 4 aromatic rings. The number of aryl methyl sites for hydroxylation is 4. The first-order chi connectivity index (χ1) is 24.1. The molecule has 3 aromatic heterocycles. The Labute approximate surface area is 313 Å². The van der Waals surface area contributed by atoms with Gasteiger partial charge in [-0.05, 0) is 84.8 Å². The van der Waals surface area contributed by atoms with E-state index in [1.807, 2.05) is 72.3 Å².